The molecule has 5 aromatic carbocycles. The number of halogens is 20. The van der Waals surface area contributed by atoms with E-state index in [1.165, 1.54) is 5.56 Å². The molecule has 0 N–H and O–H groups in total. The van der Waals surface area contributed by atoms with Gasteiger partial charge in [0.2, 0.25) is 11.9 Å². The molecule has 0 aliphatic heterocycles. The molecule has 0 spiro atoms. The fourth-order valence-corrected chi connectivity index (χ4v) is 6.58. The Bertz CT molecular complexity index is 2460. The average molecular weight is 936 g/mol. The Morgan fingerprint density at radius 2 is 0.766 bits per heavy atom. The van der Waals surface area contributed by atoms with E-state index in [2.05, 4.69) is 4.98 Å². The highest BCUT2D eigenvalue weighted by atomic mass is 19.2. The van der Waals surface area contributed by atoms with E-state index >= 15 is 35.1 Å². The number of carbonyl (C=O) groups is 1. The second-order valence-electron chi connectivity index (χ2n) is 13.4. The molecular formula is C39H17BF20N2O2. The fraction of sp³-hybridized carbons (Fsp3) is 0.103. The third-order valence-electron chi connectivity index (χ3n) is 9.23. The highest BCUT2D eigenvalue weighted by molar-refractivity contribution is 7.20. The van der Waals surface area contributed by atoms with E-state index in [1.807, 2.05) is 54.9 Å². The molecule has 6 rings (SSSR count). The first-order valence-corrected chi connectivity index (χ1v) is 17.2. The summed E-state index contributed by atoms with van der Waals surface area (Å²) in [4.78, 5) is 15.8. The number of esters is 1. The molecular weight excluding hydrogens is 919 g/mol. The van der Waals surface area contributed by atoms with Gasteiger partial charge in [-0.3, -0.25) is 0 Å². The molecule has 0 aliphatic rings. The topological polar surface area (TPSA) is 43.1 Å². The molecule has 0 saturated heterocycles. The molecule has 338 valence electrons. The van der Waals surface area contributed by atoms with Gasteiger partial charge in [-0.1, -0.05) is 30.3 Å². The summed E-state index contributed by atoms with van der Waals surface area (Å²) in [7, 11) is 0. The van der Waals surface area contributed by atoms with Gasteiger partial charge in [-0.15, -0.1) is 21.9 Å². The molecule has 6 aromatic rings. The Balaban J connectivity index is 0.000000337. The van der Waals surface area contributed by atoms with Gasteiger partial charge in [0, 0.05) is 5.56 Å². The van der Waals surface area contributed by atoms with Gasteiger partial charge in [-0.2, -0.15) is 4.57 Å². The molecule has 25 heteroatoms. The van der Waals surface area contributed by atoms with Crippen molar-refractivity contribution in [2.75, 3.05) is 0 Å². The molecule has 0 atom stereocenters. The second-order valence-corrected chi connectivity index (χ2v) is 13.4. The smallest absolute Gasteiger partial charge is 0.363 e. The van der Waals surface area contributed by atoms with E-state index in [9.17, 15) is 57.5 Å². The molecule has 0 radical (unpaired) electrons. The SMILES string of the molecule is CC(C)OC(=O)c1c[n+](Cc2ccccc2)ccn1.Fc1c(F)c(F)c([B-](c2c(F)c(F)c(F)c(F)c2F)(c2c(F)c(F)c(F)c(F)c2F)c2c(F)c(F)c(F)c(F)c2F)c(F)c1F. The third kappa shape index (κ3) is 7.95. The summed E-state index contributed by atoms with van der Waals surface area (Å²) >= 11 is 0. The molecule has 0 fully saturated rings. The maximum atomic E-state index is 15.4. The minimum atomic E-state index is -7.22. The van der Waals surface area contributed by atoms with Crippen molar-refractivity contribution in [1.82, 2.24) is 4.98 Å². The number of ether oxygens (including phenoxy) is 1. The van der Waals surface area contributed by atoms with Crippen LogP contribution in [0.1, 0.15) is 29.9 Å². The van der Waals surface area contributed by atoms with Crippen LogP contribution in [0.3, 0.4) is 0 Å². The molecule has 0 bridgehead atoms. The zero-order valence-corrected chi connectivity index (χ0v) is 31.3. The van der Waals surface area contributed by atoms with Gasteiger partial charge < -0.3 is 4.74 Å². The third-order valence-corrected chi connectivity index (χ3v) is 9.23. The maximum absolute atomic E-state index is 15.4. The van der Waals surface area contributed by atoms with Crippen molar-refractivity contribution in [1.29, 1.82) is 0 Å². The number of nitrogens with zero attached hydrogens (tertiary/aromatic N) is 2. The van der Waals surface area contributed by atoms with E-state index < -0.39 is 150 Å². The van der Waals surface area contributed by atoms with E-state index in [0.717, 1.165) is 0 Å². The number of aromatic nitrogens is 2. The molecule has 64 heavy (non-hydrogen) atoms. The van der Waals surface area contributed by atoms with Gasteiger partial charge in [0.05, 0.1) is 12.3 Å². The van der Waals surface area contributed by atoms with Crippen molar-refractivity contribution in [3.05, 3.63) is 177 Å². The standard InChI is InChI=1S/C24BF20.C15H17N2O2/c26-5-1(6(27)14(35)21(42)13(5)34)25(2-7(28)15(36)22(43)16(37)8(2)29,3-9(30)17(38)23(44)18(39)10(3)31)4-11(32)19(40)24(45)20(41)12(4)33;1-12(2)19-15(18)14-11-17(9-8-16-14)10-13-6-4-3-5-7-13/h;3-9,11-12H,10H2,1-2H3/q-1;+1. The first-order valence-electron chi connectivity index (χ1n) is 17.2. The first-order chi connectivity index (χ1) is 29.8. The van der Waals surface area contributed by atoms with Crippen LogP contribution < -0.4 is 26.4 Å². The lowest BCUT2D eigenvalue weighted by Gasteiger charge is -2.44. The van der Waals surface area contributed by atoms with Crippen LogP contribution in [0.2, 0.25) is 0 Å². The Labute approximate surface area is 343 Å². The van der Waals surface area contributed by atoms with Crippen molar-refractivity contribution in [3.8, 4) is 0 Å². The van der Waals surface area contributed by atoms with Crippen molar-refractivity contribution < 1.29 is 102 Å². The van der Waals surface area contributed by atoms with Gasteiger partial charge in [0.25, 0.3) is 0 Å². The van der Waals surface area contributed by atoms with Crippen molar-refractivity contribution in [2.45, 2.75) is 26.5 Å². The summed E-state index contributed by atoms with van der Waals surface area (Å²) in [5, 5.41) is 0. The average Bonchev–Trinajstić information content (AvgIpc) is 3.26. The number of benzene rings is 5. The lowest BCUT2D eigenvalue weighted by Crippen LogP contribution is -2.81. The molecule has 1 aromatic heterocycles. The summed E-state index contributed by atoms with van der Waals surface area (Å²) in [6.07, 6.45) is -2.21. The normalized spacial score (nSPS) is 11.5. The molecule has 1 heterocycles. The van der Waals surface area contributed by atoms with Gasteiger partial charge in [0.15, 0.2) is 82.5 Å². The van der Waals surface area contributed by atoms with E-state index in [4.69, 9.17) is 4.74 Å². The predicted molar refractivity (Wildman–Crippen MR) is 180 cm³/mol. The zero-order valence-electron chi connectivity index (χ0n) is 31.3. The van der Waals surface area contributed by atoms with Crippen LogP contribution in [-0.2, 0) is 11.3 Å². The van der Waals surface area contributed by atoms with E-state index in [-0.39, 0.29) is 6.10 Å². The van der Waals surface area contributed by atoms with Crippen molar-refractivity contribution >= 4 is 34.0 Å². The van der Waals surface area contributed by atoms with E-state index in [1.54, 1.807) is 12.4 Å². The monoisotopic (exact) mass is 936 g/mol. The van der Waals surface area contributed by atoms with Crippen molar-refractivity contribution in [2.24, 2.45) is 0 Å². The van der Waals surface area contributed by atoms with E-state index in [0.29, 0.717) is 12.2 Å². The largest absolute Gasteiger partial charge is 0.458 e. The van der Waals surface area contributed by atoms with Crippen LogP contribution in [0, 0.1) is 116 Å². The summed E-state index contributed by atoms with van der Waals surface area (Å²) in [5.41, 5.74) is -12.8. The minimum Gasteiger partial charge on any atom is -0.458 e. The summed E-state index contributed by atoms with van der Waals surface area (Å²) < 4.78 is 301. The summed E-state index contributed by atoms with van der Waals surface area (Å²) in [6.45, 7) is 4.34. The number of hydrogen-bond acceptors (Lipinski definition) is 3. The molecule has 0 unspecified atom stereocenters. The summed E-state index contributed by atoms with van der Waals surface area (Å²) in [5.74, 6) is -71.8. The van der Waals surface area contributed by atoms with Crippen molar-refractivity contribution in [3.63, 3.8) is 0 Å². The first kappa shape index (κ1) is 48.3. The van der Waals surface area contributed by atoms with Crippen LogP contribution in [0.5, 0.6) is 0 Å². The number of hydrogen-bond donors (Lipinski definition) is 0. The Kier molecular flexibility index (Phi) is 13.7. The van der Waals surface area contributed by atoms with Gasteiger partial charge in [-0.25, -0.2) is 97.6 Å². The maximum Gasteiger partial charge on any atom is 0.363 e. The minimum absolute atomic E-state index is 0.142. The molecule has 4 nitrogen and oxygen atoms in total. The van der Waals surface area contributed by atoms with Crippen LogP contribution in [0.25, 0.3) is 0 Å². The molecule has 0 saturated carbocycles. The Morgan fingerprint density at radius 3 is 1.05 bits per heavy atom. The fourth-order valence-electron chi connectivity index (χ4n) is 6.58. The Hall–Kier alpha value is -6.69. The molecule has 0 aliphatic carbocycles. The highest BCUT2D eigenvalue weighted by Gasteiger charge is 2.52. The highest BCUT2D eigenvalue weighted by Crippen LogP contribution is 2.30. The number of rotatable bonds is 8. The van der Waals surface area contributed by atoms with Crippen LogP contribution in [0.15, 0.2) is 48.9 Å². The molecule has 0 amide bonds. The van der Waals surface area contributed by atoms with Crippen LogP contribution in [-0.4, -0.2) is 23.2 Å². The number of carbonyl (C=O) groups excluding carboxylic acids is 1. The predicted octanol–water partition coefficient (Wildman–Crippen LogP) is 7.83. The van der Waals surface area contributed by atoms with Crippen LogP contribution in [0.4, 0.5) is 87.8 Å². The second kappa shape index (κ2) is 18.2. The lowest BCUT2D eigenvalue weighted by atomic mass is 9.12. The quantitative estimate of drug-likeness (QED) is 0.0391. The van der Waals surface area contributed by atoms with Gasteiger partial charge >= 0.3 is 5.97 Å². The Morgan fingerprint density at radius 1 is 0.484 bits per heavy atom. The van der Waals surface area contributed by atoms with Gasteiger partial charge in [0.1, 0.15) is 52.7 Å². The van der Waals surface area contributed by atoms with Gasteiger partial charge in [-0.05, 0) is 13.8 Å². The summed E-state index contributed by atoms with van der Waals surface area (Å²) in [6, 6.07) is 10.0. The zero-order chi connectivity index (χ0) is 48.0. The lowest BCUT2D eigenvalue weighted by molar-refractivity contribution is -0.689. The van der Waals surface area contributed by atoms with Crippen LogP contribution >= 0.6 is 0 Å².